The quantitative estimate of drug-likeness (QED) is 0.467. The van der Waals surface area contributed by atoms with Crippen LogP contribution in [0.2, 0.25) is 0 Å². The molecule has 29 heavy (non-hydrogen) atoms. The summed E-state index contributed by atoms with van der Waals surface area (Å²) in [5.74, 6) is 0.190. The number of nitrogens with one attached hydrogen (secondary N) is 1. The highest BCUT2D eigenvalue weighted by molar-refractivity contribution is 14.1. The third-order valence-electron chi connectivity index (χ3n) is 4.10. The van der Waals surface area contributed by atoms with Crippen molar-refractivity contribution in [2.45, 2.75) is 0 Å². The average Bonchev–Trinajstić information content (AvgIpc) is 3.24. The molecule has 2 aromatic rings. The Labute approximate surface area is 183 Å². The summed E-state index contributed by atoms with van der Waals surface area (Å²) >= 11 is 2.74. The Kier molecular flexibility index (Phi) is 5.37. The second-order valence-electron chi connectivity index (χ2n) is 6.09. The lowest BCUT2D eigenvalue weighted by molar-refractivity contribution is -0.127. The molecule has 0 bridgehead atoms. The first kappa shape index (κ1) is 19.6. The van der Waals surface area contributed by atoms with Crippen LogP contribution in [0.15, 0.2) is 41.3 Å². The summed E-state index contributed by atoms with van der Waals surface area (Å²) in [6.45, 7) is -0.278. The Morgan fingerprint density at radius 3 is 2.79 bits per heavy atom. The number of aromatic hydroxyl groups is 1. The highest BCUT2D eigenvalue weighted by Gasteiger charge is 2.36. The maximum absolute atomic E-state index is 12.6. The maximum atomic E-state index is 12.6. The molecule has 3 amide bonds. The number of anilines is 1. The van der Waals surface area contributed by atoms with E-state index in [4.69, 9.17) is 9.47 Å². The van der Waals surface area contributed by atoms with Gasteiger partial charge in [0.25, 0.3) is 11.1 Å². The molecule has 1 fully saturated rings. The summed E-state index contributed by atoms with van der Waals surface area (Å²) in [6.07, 6.45) is 1.56. The van der Waals surface area contributed by atoms with E-state index in [1.54, 1.807) is 36.4 Å². The molecule has 0 unspecified atom stereocenters. The minimum Gasteiger partial charge on any atom is -0.507 e. The van der Waals surface area contributed by atoms with Crippen LogP contribution in [0.5, 0.6) is 17.2 Å². The van der Waals surface area contributed by atoms with Crippen molar-refractivity contribution >= 4 is 63.2 Å². The van der Waals surface area contributed by atoms with Crippen LogP contribution in [0, 0.1) is 3.57 Å². The van der Waals surface area contributed by atoms with E-state index in [1.165, 1.54) is 6.07 Å². The van der Waals surface area contributed by atoms with Crippen LogP contribution in [0.3, 0.4) is 0 Å². The number of carbonyl (C=O) groups is 3. The normalized spacial score (nSPS) is 16.6. The number of phenols is 1. The minimum absolute atomic E-state index is 0.121. The second-order valence-corrected chi connectivity index (χ2v) is 8.25. The van der Waals surface area contributed by atoms with Gasteiger partial charge in [-0.3, -0.25) is 19.3 Å². The van der Waals surface area contributed by atoms with Crippen molar-refractivity contribution in [2.24, 2.45) is 0 Å². The van der Waals surface area contributed by atoms with Gasteiger partial charge in [0, 0.05) is 11.8 Å². The lowest BCUT2D eigenvalue weighted by Crippen LogP contribution is -2.36. The molecule has 2 aliphatic rings. The Bertz CT molecular complexity index is 1070. The summed E-state index contributed by atoms with van der Waals surface area (Å²) in [7, 11) is 0. The summed E-state index contributed by atoms with van der Waals surface area (Å²) in [4.78, 5) is 38.2. The van der Waals surface area contributed by atoms with Crippen molar-refractivity contribution < 1.29 is 29.0 Å². The number of ether oxygens (including phenoxy) is 2. The number of rotatable bonds is 4. The molecule has 2 aromatic carbocycles. The molecule has 8 nitrogen and oxygen atoms in total. The number of benzene rings is 2. The van der Waals surface area contributed by atoms with Gasteiger partial charge in [-0.2, -0.15) is 0 Å². The molecule has 10 heteroatoms. The van der Waals surface area contributed by atoms with Crippen molar-refractivity contribution in [3.63, 3.8) is 0 Å². The van der Waals surface area contributed by atoms with E-state index < -0.39 is 23.6 Å². The van der Waals surface area contributed by atoms with E-state index in [0.717, 1.165) is 16.7 Å². The smallest absolute Gasteiger partial charge is 0.294 e. The molecule has 0 aliphatic carbocycles. The van der Waals surface area contributed by atoms with E-state index in [2.05, 4.69) is 5.32 Å². The van der Waals surface area contributed by atoms with Crippen LogP contribution in [0.1, 0.15) is 5.56 Å². The molecule has 2 aliphatic heterocycles. The first-order valence-corrected chi connectivity index (χ1v) is 10.2. The third-order valence-corrected chi connectivity index (χ3v) is 5.87. The van der Waals surface area contributed by atoms with Crippen LogP contribution < -0.4 is 14.8 Å². The number of hydrogen-bond acceptors (Lipinski definition) is 7. The SMILES string of the molecule is O=C(CN1C(=O)S/C(=C\c2ccc(O)c(I)c2)C1=O)Nc1ccc2c(c1)OCO2. The number of phenolic OH excluding ortho intramolecular Hbond substituents is 1. The fourth-order valence-corrected chi connectivity index (χ4v) is 4.10. The Morgan fingerprint density at radius 2 is 2.00 bits per heavy atom. The van der Waals surface area contributed by atoms with Crippen molar-refractivity contribution in [1.82, 2.24) is 4.90 Å². The van der Waals surface area contributed by atoms with Crippen molar-refractivity contribution in [2.75, 3.05) is 18.7 Å². The maximum Gasteiger partial charge on any atom is 0.294 e. The highest BCUT2D eigenvalue weighted by atomic mass is 127. The fraction of sp³-hybridized carbons (Fsp3) is 0.105. The number of amides is 3. The number of nitrogens with zero attached hydrogens (tertiary/aromatic N) is 1. The molecule has 148 valence electrons. The number of hydrogen-bond donors (Lipinski definition) is 2. The zero-order chi connectivity index (χ0) is 20.5. The van der Waals surface area contributed by atoms with Gasteiger partial charge in [-0.05, 0) is 70.3 Å². The minimum atomic E-state index is -0.538. The Morgan fingerprint density at radius 1 is 1.21 bits per heavy atom. The third kappa shape index (κ3) is 4.17. The van der Waals surface area contributed by atoms with Gasteiger partial charge in [0.05, 0.1) is 8.48 Å². The highest BCUT2D eigenvalue weighted by Crippen LogP contribution is 2.35. The van der Waals surface area contributed by atoms with Crippen molar-refractivity contribution in [3.05, 3.63) is 50.4 Å². The summed E-state index contributed by atoms with van der Waals surface area (Å²) in [5, 5.41) is 11.7. The van der Waals surface area contributed by atoms with Crippen LogP contribution in [-0.2, 0) is 9.59 Å². The monoisotopic (exact) mass is 524 g/mol. The molecule has 0 radical (unpaired) electrons. The van der Waals surface area contributed by atoms with Gasteiger partial charge in [0.15, 0.2) is 11.5 Å². The van der Waals surface area contributed by atoms with Crippen molar-refractivity contribution in [3.8, 4) is 17.2 Å². The van der Waals surface area contributed by atoms with Crippen LogP contribution in [-0.4, -0.2) is 40.4 Å². The largest absolute Gasteiger partial charge is 0.507 e. The van der Waals surface area contributed by atoms with Gasteiger partial charge in [0.2, 0.25) is 12.7 Å². The number of halogens is 1. The van der Waals surface area contributed by atoms with Gasteiger partial charge in [-0.1, -0.05) is 6.07 Å². The second kappa shape index (κ2) is 7.95. The number of fused-ring (bicyclic) bond motifs is 1. The molecule has 0 aromatic heterocycles. The first-order valence-electron chi connectivity index (χ1n) is 8.34. The predicted molar refractivity (Wildman–Crippen MR) is 115 cm³/mol. The summed E-state index contributed by atoms with van der Waals surface area (Å²) in [5.41, 5.74) is 1.14. The molecular weight excluding hydrogens is 511 g/mol. The first-order chi connectivity index (χ1) is 13.9. The summed E-state index contributed by atoms with van der Waals surface area (Å²) < 4.78 is 11.1. The lowest BCUT2D eigenvalue weighted by Gasteiger charge is -2.12. The van der Waals surface area contributed by atoms with Gasteiger partial charge in [-0.15, -0.1) is 0 Å². The molecule has 4 rings (SSSR count). The Hall–Kier alpha value is -2.73. The van der Waals surface area contributed by atoms with Crippen LogP contribution in [0.25, 0.3) is 6.08 Å². The Balaban J connectivity index is 1.44. The molecule has 0 spiro atoms. The number of imide groups is 1. The predicted octanol–water partition coefficient (Wildman–Crippen LogP) is 3.40. The molecule has 2 heterocycles. The average molecular weight is 524 g/mol. The van der Waals surface area contributed by atoms with Crippen LogP contribution >= 0.6 is 34.4 Å². The molecule has 0 saturated carbocycles. The topological polar surface area (TPSA) is 105 Å². The lowest BCUT2D eigenvalue weighted by atomic mass is 10.2. The molecule has 2 N–H and O–H groups in total. The van der Waals surface area contributed by atoms with E-state index in [-0.39, 0.29) is 17.4 Å². The fourth-order valence-electron chi connectivity index (χ4n) is 2.72. The zero-order valence-electron chi connectivity index (χ0n) is 14.7. The standard InChI is InChI=1S/C19H13IN2O6S/c20-12-5-10(1-3-13(12)23)6-16-18(25)22(19(26)29-16)8-17(24)21-11-2-4-14-15(7-11)28-9-27-14/h1-7,23H,8-9H2,(H,21,24)/b16-6-. The van der Waals surface area contributed by atoms with E-state index in [1.807, 2.05) is 22.6 Å². The molecule has 0 atom stereocenters. The van der Waals surface area contributed by atoms with E-state index >= 15 is 0 Å². The summed E-state index contributed by atoms with van der Waals surface area (Å²) in [6, 6.07) is 9.76. The van der Waals surface area contributed by atoms with Gasteiger partial charge in [-0.25, -0.2) is 0 Å². The van der Waals surface area contributed by atoms with E-state index in [0.29, 0.717) is 26.3 Å². The number of thioether (sulfide) groups is 1. The van der Waals surface area contributed by atoms with Crippen molar-refractivity contribution in [1.29, 1.82) is 0 Å². The zero-order valence-corrected chi connectivity index (χ0v) is 17.7. The van der Waals surface area contributed by atoms with Crippen LogP contribution in [0.4, 0.5) is 10.5 Å². The van der Waals surface area contributed by atoms with Gasteiger partial charge in [0.1, 0.15) is 12.3 Å². The van der Waals surface area contributed by atoms with E-state index in [9.17, 15) is 19.5 Å². The van der Waals surface area contributed by atoms with Gasteiger partial charge >= 0.3 is 0 Å². The number of carbonyl (C=O) groups excluding carboxylic acids is 3. The molecular formula is C19H13IN2O6S. The van der Waals surface area contributed by atoms with Gasteiger partial charge < -0.3 is 19.9 Å². The molecule has 1 saturated heterocycles.